The average Bonchev–Trinajstić information content (AvgIpc) is 2.69. The Morgan fingerprint density at radius 1 is 0.963 bits per heavy atom. The van der Waals surface area contributed by atoms with Crippen molar-refractivity contribution in [1.82, 2.24) is 5.32 Å². The van der Waals surface area contributed by atoms with E-state index in [4.69, 9.17) is 4.74 Å². The van der Waals surface area contributed by atoms with Gasteiger partial charge in [-0.2, -0.15) is 0 Å². The van der Waals surface area contributed by atoms with Gasteiger partial charge in [0.1, 0.15) is 12.3 Å². The third-order valence-electron chi connectivity index (χ3n) is 5.38. The van der Waals surface area contributed by atoms with Gasteiger partial charge in [-0.15, -0.1) is 0 Å². The molecule has 1 aliphatic heterocycles. The molecule has 1 saturated heterocycles. The van der Waals surface area contributed by atoms with Crippen molar-refractivity contribution in [1.29, 1.82) is 0 Å². The van der Waals surface area contributed by atoms with Crippen LogP contribution in [-0.2, 0) is 17.9 Å². The van der Waals surface area contributed by atoms with Crippen LogP contribution in [0.1, 0.15) is 41.5 Å². The Labute approximate surface area is 162 Å². The molecular weight excluding hydrogens is 336 g/mol. The number of piperidine rings is 1. The van der Waals surface area contributed by atoms with Gasteiger partial charge < -0.3 is 15.0 Å². The van der Waals surface area contributed by atoms with E-state index in [-0.39, 0.29) is 12.5 Å². The van der Waals surface area contributed by atoms with E-state index in [2.05, 4.69) is 36.5 Å². The van der Waals surface area contributed by atoms with Gasteiger partial charge in [0.05, 0.1) is 13.1 Å². The van der Waals surface area contributed by atoms with Crippen molar-refractivity contribution in [3.63, 3.8) is 0 Å². The van der Waals surface area contributed by atoms with Crippen molar-refractivity contribution in [2.24, 2.45) is 0 Å². The number of rotatable bonds is 7. The number of quaternary nitrogens is 1. The van der Waals surface area contributed by atoms with Crippen molar-refractivity contribution in [3.8, 4) is 5.75 Å². The lowest BCUT2D eigenvalue weighted by atomic mass is 10.1. The number of hydrogen-bond acceptors (Lipinski definition) is 2. The van der Waals surface area contributed by atoms with E-state index in [0.717, 1.165) is 17.9 Å². The summed E-state index contributed by atoms with van der Waals surface area (Å²) in [7, 11) is 0. The SMILES string of the molecule is Cc1ccc(OCC(=O)NCc2ccc(C[NH+]3CCCCC3)cc2)cc1C. The molecule has 1 fully saturated rings. The molecule has 0 radical (unpaired) electrons. The van der Waals surface area contributed by atoms with E-state index >= 15 is 0 Å². The minimum absolute atomic E-state index is 0.0406. The Hall–Kier alpha value is -2.33. The Bertz CT molecular complexity index is 749. The first-order chi connectivity index (χ1) is 13.1. The lowest BCUT2D eigenvalue weighted by Gasteiger charge is -2.23. The zero-order chi connectivity index (χ0) is 19.1. The van der Waals surface area contributed by atoms with E-state index in [1.165, 1.54) is 49.0 Å². The van der Waals surface area contributed by atoms with Crippen LogP contribution < -0.4 is 15.0 Å². The minimum Gasteiger partial charge on any atom is -0.484 e. The summed E-state index contributed by atoms with van der Waals surface area (Å²) in [6.45, 7) is 8.36. The number of nitrogens with one attached hydrogen (secondary N) is 2. The molecule has 2 N–H and O–H groups in total. The summed E-state index contributed by atoms with van der Waals surface area (Å²) in [5.74, 6) is 0.632. The van der Waals surface area contributed by atoms with Gasteiger partial charge in [-0.25, -0.2) is 0 Å². The van der Waals surface area contributed by atoms with Crippen LogP contribution in [0.4, 0.5) is 0 Å². The largest absolute Gasteiger partial charge is 0.484 e. The van der Waals surface area contributed by atoms with Crippen LogP contribution >= 0.6 is 0 Å². The second kappa shape index (κ2) is 9.56. The van der Waals surface area contributed by atoms with Crippen LogP contribution in [-0.4, -0.2) is 25.6 Å². The van der Waals surface area contributed by atoms with E-state index in [9.17, 15) is 4.79 Å². The molecule has 0 aromatic heterocycles. The Kier molecular flexibility index (Phi) is 6.88. The predicted molar refractivity (Wildman–Crippen MR) is 108 cm³/mol. The molecule has 2 aromatic carbocycles. The van der Waals surface area contributed by atoms with Crippen molar-refractivity contribution in [3.05, 3.63) is 64.7 Å². The maximum Gasteiger partial charge on any atom is 0.258 e. The number of aryl methyl sites for hydroxylation is 2. The summed E-state index contributed by atoms with van der Waals surface area (Å²) in [6.07, 6.45) is 4.09. The number of carbonyl (C=O) groups excluding carboxylic acids is 1. The second-order valence-corrected chi connectivity index (χ2v) is 7.62. The number of benzene rings is 2. The summed E-state index contributed by atoms with van der Waals surface area (Å²) in [4.78, 5) is 13.7. The molecule has 0 spiro atoms. The fourth-order valence-electron chi connectivity index (χ4n) is 3.50. The Morgan fingerprint density at radius 2 is 1.67 bits per heavy atom. The molecule has 27 heavy (non-hydrogen) atoms. The molecule has 4 heteroatoms. The molecule has 0 unspecified atom stereocenters. The van der Waals surface area contributed by atoms with Gasteiger partial charge in [0.25, 0.3) is 5.91 Å². The zero-order valence-corrected chi connectivity index (χ0v) is 16.5. The van der Waals surface area contributed by atoms with Crippen LogP contribution in [0, 0.1) is 13.8 Å². The van der Waals surface area contributed by atoms with Crippen molar-refractivity contribution in [2.45, 2.75) is 46.2 Å². The van der Waals surface area contributed by atoms with Crippen molar-refractivity contribution in [2.75, 3.05) is 19.7 Å². The quantitative estimate of drug-likeness (QED) is 0.790. The molecular formula is C23H31N2O2+. The fraction of sp³-hybridized carbons (Fsp3) is 0.435. The lowest BCUT2D eigenvalue weighted by molar-refractivity contribution is -0.918. The maximum absolute atomic E-state index is 12.0. The standard InChI is InChI=1S/C23H30N2O2/c1-18-6-11-22(14-19(18)2)27-17-23(26)24-15-20-7-9-21(10-8-20)16-25-12-4-3-5-13-25/h6-11,14H,3-5,12-13,15-17H2,1-2H3,(H,24,26)/p+1. The van der Waals surface area contributed by atoms with Crippen LogP contribution in [0.3, 0.4) is 0 Å². The van der Waals surface area contributed by atoms with E-state index < -0.39 is 0 Å². The molecule has 0 aliphatic carbocycles. The summed E-state index contributed by atoms with van der Waals surface area (Å²) in [5.41, 5.74) is 4.88. The number of ether oxygens (including phenoxy) is 1. The smallest absolute Gasteiger partial charge is 0.258 e. The topological polar surface area (TPSA) is 42.8 Å². The monoisotopic (exact) mass is 367 g/mol. The van der Waals surface area contributed by atoms with Crippen molar-refractivity contribution < 1.29 is 14.4 Å². The van der Waals surface area contributed by atoms with Gasteiger partial charge in [-0.1, -0.05) is 30.3 Å². The predicted octanol–water partition coefficient (Wildman–Crippen LogP) is 2.57. The van der Waals surface area contributed by atoms with E-state index in [1.54, 1.807) is 4.90 Å². The third kappa shape index (κ3) is 6.10. The molecule has 1 aliphatic rings. The first kappa shape index (κ1) is 19.4. The number of likely N-dealkylation sites (tertiary alicyclic amines) is 1. The molecule has 0 bridgehead atoms. The lowest BCUT2D eigenvalue weighted by Crippen LogP contribution is -3.11. The Balaban J connectivity index is 1.41. The van der Waals surface area contributed by atoms with E-state index in [1.807, 2.05) is 25.1 Å². The average molecular weight is 368 g/mol. The highest BCUT2D eigenvalue weighted by Gasteiger charge is 2.13. The third-order valence-corrected chi connectivity index (χ3v) is 5.38. The molecule has 1 amide bonds. The number of carbonyl (C=O) groups is 1. The molecule has 144 valence electrons. The molecule has 0 saturated carbocycles. The van der Waals surface area contributed by atoms with E-state index in [0.29, 0.717) is 6.54 Å². The first-order valence-electron chi connectivity index (χ1n) is 9.98. The summed E-state index contributed by atoms with van der Waals surface area (Å²) in [6, 6.07) is 14.5. The van der Waals surface area contributed by atoms with Crippen LogP contribution in [0.15, 0.2) is 42.5 Å². The molecule has 2 aromatic rings. The van der Waals surface area contributed by atoms with Gasteiger partial charge in [-0.3, -0.25) is 4.79 Å². The number of hydrogen-bond donors (Lipinski definition) is 2. The zero-order valence-electron chi connectivity index (χ0n) is 16.5. The van der Waals surface area contributed by atoms with Gasteiger partial charge in [-0.05, 0) is 61.9 Å². The second-order valence-electron chi connectivity index (χ2n) is 7.62. The summed E-state index contributed by atoms with van der Waals surface area (Å²) >= 11 is 0. The van der Waals surface area contributed by atoms with Crippen molar-refractivity contribution >= 4 is 5.91 Å². The highest BCUT2D eigenvalue weighted by molar-refractivity contribution is 5.77. The molecule has 4 nitrogen and oxygen atoms in total. The molecule has 1 heterocycles. The maximum atomic E-state index is 12.0. The van der Waals surface area contributed by atoms with Gasteiger partial charge in [0.15, 0.2) is 6.61 Å². The highest BCUT2D eigenvalue weighted by atomic mass is 16.5. The molecule has 0 atom stereocenters. The van der Waals surface area contributed by atoms with Crippen LogP contribution in [0.25, 0.3) is 0 Å². The fourth-order valence-corrected chi connectivity index (χ4v) is 3.50. The Morgan fingerprint density at radius 3 is 2.37 bits per heavy atom. The minimum atomic E-state index is -0.102. The van der Waals surface area contributed by atoms with Gasteiger partial charge in [0.2, 0.25) is 0 Å². The normalized spacial score (nSPS) is 14.7. The first-order valence-corrected chi connectivity index (χ1v) is 9.98. The number of amides is 1. The van der Waals surface area contributed by atoms with Crippen LogP contribution in [0.2, 0.25) is 0 Å². The van der Waals surface area contributed by atoms with Crippen LogP contribution in [0.5, 0.6) is 5.75 Å². The van der Waals surface area contributed by atoms with Gasteiger partial charge in [0, 0.05) is 12.1 Å². The van der Waals surface area contributed by atoms with Gasteiger partial charge >= 0.3 is 0 Å². The highest BCUT2D eigenvalue weighted by Crippen LogP contribution is 2.16. The summed E-state index contributed by atoms with van der Waals surface area (Å²) in [5, 5.41) is 2.93. The summed E-state index contributed by atoms with van der Waals surface area (Å²) < 4.78 is 5.58. The molecule has 3 rings (SSSR count).